The summed E-state index contributed by atoms with van der Waals surface area (Å²) in [6, 6.07) is 16.6. The summed E-state index contributed by atoms with van der Waals surface area (Å²) in [4.78, 5) is 0. The summed E-state index contributed by atoms with van der Waals surface area (Å²) in [6.45, 7) is 0. The second-order valence-corrected chi connectivity index (χ2v) is 5.48. The van der Waals surface area contributed by atoms with Gasteiger partial charge in [-0.05, 0) is 41.1 Å². The van der Waals surface area contributed by atoms with E-state index in [1.807, 2.05) is 24.3 Å². The van der Waals surface area contributed by atoms with Gasteiger partial charge in [-0.15, -0.1) is 0 Å². The largest absolute Gasteiger partial charge is 0.417 e. The summed E-state index contributed by atoms with van der Waals surface area (Å²) >= 11 is 0. The highest BCUT2D eigenvalue weighted by molar-refractivity contribution is 5.93. The molecule has 0 fully saturated rings. The number of alkyl halides is 3. The van der Waals surface area contributed by atoms with E-state index in [2.05, 4.69) is 15.5 Å². The molecule has 3 nitrogen and oxygen atoms in total. The number of rotatable bonds is 2. The van der Waals surface area contributed by atoms with Gasteiger partial charge in [0.15, 0.2) is 5.82 Å². The molecule has 3 aromatic carbocycles. The van der Waals surface area contributed by atoms with Crippen LogP contribution in [0.5, 0.6) is 0 Å². The van der Waals surface area contributed by atoms with Crippen LogP contribution < -0.4 is 5.32 Å². The van der Waals surface area contributed by atoms with Gasteiger partial charge in [-0.1, -0.05) is 30.3 Å². The molecule has 2 N–H and O–H groups in total. The Morgan fingerprint density at radius 3 is 2.54 bits per heavy atom. The Hall–Kier alpha value is -3.02. The first-order valence-corrected chi connectivity index (χ1v) is 7.32. The Bertz CT molecular complexity index is 1030. The van der Waals surface area contributed by atoms with Crippen LogP contribution in [0.15, 0.2) is 60.7 Å². The molecular formula is C18H12F3N3. The van der Waals surface area contributed by atoms with Gasteiger partial charge < -0.3 is 5.32 Å². The number of H-pyrrole nitrogens is 1. The fourth-order valence-corrected chi connectivity index (χ4v) is 2.80. The highest BCUT2D eigenvalue weighted by Gasteiger charge is 2.32. The van der Waals surface area contributed by atoms with E-state index in [-0.39, 0.29) is 5.39 Å². The molecule has 0 saturated carbocycles. The van der Waals surface area contributed by atoms with Crippen LogP contribution >= 0.6 is 0 Å². The average Bonchev–Trinajstić information content (AvgIpc) is 2.96. The van der Waals surface area contributed by atoms with Crippen molar-refractivity contribution < 1.29 is 13.2 Å². The van der Waals surface area contributed by atoms with Crippen molar-refractivity contribution in [1.82, 2.24) is 10.2 Å². The van der Waals surface area contributed by atoms with E-state index in [1.165, 1.54) is 12.1 Å². The van der Waals surface area contributed by atoms with Gasteiger partial charge in [0.05, 0.1) is 11.1 Å². The first kappa shape index (κ1) is 14.6. The quantitative estimate of drug-likeness (QED) is 0.512. The molecule has 0 aliphatic rings. The van der Waals surface area contributed by atoms with Crippen molar-refractivity contribution in [2.24, 2.45) is 0 Å². The number of halogens is 3. The van der Waals surface area contributed by atoms with E-state index in [9.17, 15) is 13.2 Å². The van der Waals surface area contributed by atoms with E-state index in [0.717, 1.165) is 17.0 Å². The third-order valence-corrected chi connectivity index (χ3v) is 3.92. The zero-order chi connectivity index (χ0) is 16.7. The Labute approximate surface area is 135 Å². The van der Waals surface area contributed by atoms with Crippen molar-refractivity contribution >= 4 is 33.2 Å². The molecule has 0 spiro atoms. The van der Waals surface area contributed by atoms with E-state index in [1.54, 1.807) is 18.2 Å². The normalized spacial score (nSPS) is 12.0. The third-order valence-electron chi connectivity index (χ3n) is 3.92. The van der Waals surface area contributed by atoms with E-state index in [4.69, 9.17) is 0 Å². The lowest BCUT2D eigenvalue weighted by atomic mass is 10.0. The number of hydrogen-bond donors (Lipinski definition) is 2. The van der Waals surface area contributed by atoms with Gasteiger partial charge in [-0.25, -0.2) is 0 Å². The molecule has 1 aromatic heterocycles. The number of para-hydroxylation sites is 1. The van der Waals surface area contributed by atoms with E-state index < -0.39 is 11.7 Å². The lowest BCUT2D eigenvalue weighted by Gasteiger charge is -2.11. The molecule has 0 aliphatic heterocycles. The fraction of sp³-hybridized carbons (Fsp3) is 0.0556. The summed E-state index contributed by atoms with van der Waals surface area (Å²) in [5.74, 6) is 0.636. The summed E-state index contributed by atoms with van der Waals surface area (Å²) in [7, 11) is 0. The van der Waals surface area contributed by atoms with Gasteiger partial charge in [0.1, 0.15) is 0 Å². The molecule has 0 aliphatic carbocycles. The van der Waals surface area contributed by atoms with E-state index in [0.29, 0.717) is 16.9 Å². The Morgan fingerprint density at radius 1 is 0.875 bits per heavy atom. The van der Waals surface area contributed by atoms with Crippen LogP contribution in [0.4, 0.5) is 24.7 Å². The summed E-state index contributed by atoms with van der Waals surface area (Å²) in [5.41, 5.74) is 0.941. The maximum atomic E-state index is 13.1. The smallest absolute Gasteiger partial charge is 0.338 e. The van der Waals surface area contributed by atoms with Gasteiger partial charge in [0.2, 0.25) is 0 Å². The number of benzene rings is 3. The molecule has 0 amide bonds. The van der Waals surface area contributed by atoms with Crippen molar-refractivity contribution in [1.29, 1.82) is 0 Å². The van der Waals surface area contributed by atoms with Crippen LogP contribution in [0.1, 0.15) is 5.56 Å². The minimum atomic E-state index is -4.37. The van der Waals surface area contributed by atoms with Gasteiger partial charge >= 0.3 is 6.18 Å². The fourth-order valence-electron chi connectivity index (χ4n) is 2.80. The number of aromatic nitrogens is 2. The summed E-state index contributed by atoms with van der Waals surface area (Å²) < 4.78 is 39.2. The monoisotopic (exact) mass is 327 g/mol. The molecule has 4 aromatic rings. The number of anilines is 2. The van der Waals surface area contributed by atoms with Crippen LogP contribution in [-0.2, 0) is 6.18 Å². The molecule has 0 radical (unpaired) electrons. The Morgan fingerprint density at radius 2 is 1.71 bits per heavy atom. The van der Waals surface area contributed by atoms with Gasteiger partial charge in [0, 0.05) is 11.1 Å². The predicted octanol–water partition coefficient (Wildman–Crippen LogP) is 5.48. The predicted molar refractivity (Wildman–Crippen MR) is 88.3 cm³/mol. The van der Waals surface area contributed by atoms with Crippen LogP contribution in [0.2, 0.25) is 0 Å². The second-order valence-electron chi connectivity index (χ2n) is 5.48. The van der Waals surface area contributed by atoms with Gasteiger partial charge in [-0.2, -0.15) is 18.3 Å². The van der Waals surface area contributed by atoms with Gasteiger partial charge in [-0.3, -0.25) is 5.10 Å². The molecule has 0 unspecified atom stereocenters. The lowest BCUT2D eigenvalue weighted by Crippen LogP contribution is -2.05. The molecule has 0 saturated heterocycles. The van der Waals surface area contributed by atoms with Crippen molar-refractivity contribution in [3.8, 4) is 0 Å². The topological polar surface area (TPSA) is 40.7 Å². The molecule has 1 heterocycles. The average molecular weight is 327 g/mol. The maximum absolute atomic E-state index is 13.1. The number of aromatic amines is 1. The lowest BCUT2D eigenvalue weighted by molar-refractivity contribution is -0.136. The molecule has 120 valence electrons. The first-order valence-electron chi connectivity index (χ1n) is 7.32. The number of hydrogen-bond acceptors (Lipinski definition) is 2. The van der Waals surface area contributed by atoms with Crippen LogP contribution in [-0.4, -0.2) is 10.2 Å². The second kappa shape index (κ2) is 5.26. The molecule has 6 heteroatoms. The molecule has 0 atom stereocenters. The summed E-state index contributed by atoms with van der Waals surface area (Å²) in [6.07, 6.45) is -4.37. The first-order chi connectivity index (χ1) is 11.5. The van der Waals surface area contributed by atoms with Crippen molar-refractivity contribution in [2.45, 2.75) is 6.18 Å². The molecule has 0 bridgehead atoms. The third kappa shape index (κ3) is 2.46. The van der Waals surface area contributed by atoms with Crippen molar-refractivity contribution in [3.63, 3.8) is 0 Å². The van der Waals surface area contributed by atoms with Crippen LogP contribution in [0.25, 0.3) is 21.7 Å². The molecular weight excluding hydrogens is 315 g/mol. The highest BCUT2D eigenvalue weighted by atomic mass is 19.4. The standard InChI is InChI=1S/C18H12F3N3/c19-18(20,21)15-6-3-4-11-10-12(8-9-13(11)15)22-17-14-5-1-2-7-16(14)23-24-17/h1-10H,(H2,22,23,24). The molecule has 4 rings (SSSR count). The van der Waals surface area contributed by atoms with Crippen LogP contribution in [0, 0.1) is 0 Å². The number of fused-ring (bicyclic) bond motifs is 2. The van der Waals surface area contributed by atoms with E-state index >= 15 is 0 Å². The number of nitrogens with one attached hydrogen (secondary N) is 2. The Balaban J connectivity index is 1.76. The zero-order valence-corrected chi connectivity index (χ0v) is 12.4. The van der Waals surface area contributed by atoms with Crippen molar-refractivity contribution in [2.75, 3.05) is 5.32 Å². The summed E-state index contributed by atoms with van der Waals surface area (Å²) in [5, 5.41) is 11.9. The Kier molecular flexibility index (Phi) is 3.19. The number of nitrogens with zero attached hydrogens (tertiary/aromatic N) is 1. The zero-order valence-electron chi connectivity index (χ0n) is 12.4. The van der Waals surface area contributed by atoms with Crippen molar-refractivity contribution in [3.05, 3.63) is 66.2 Å². The molecule has 24 heavy (non-hydrogen) atoms. The minimum absolute atomic E-state index is 0.183. The van der Waals surface area contributed by atoms with Crippen LogP contribution in [0.3, 0.4) is 0 Å². The SMILES string of the molecule is FC(F)(F)c1cccc2cc(Nc3n[nH]c4ccccc34)ccc12. The minimum Gasteiger partial charge on any atom is -0.338 e. The maximum Gasteiger partial charge on any atom is 0.417 e. The van der Waals surface area contributed by atoms with Gasteiger partial charge in [0.25, 0.3) is 0 Å². The highest BCUT2D eigenvalue weighted by Crippen LogP contribution is 2.36.